The lowest BCUT2D eigenvalue weighted by atomic mass is 9.93. The molecule has 0 radical (unpaired) electrons. The van der Waals surface area contributed by atoms with Crippen LogP contribution < -0.4 is 5.32 Å². The molecular formula is C14H18BrNO3. The van der Waals surface area contributed by atoms with Crippen LogP contribution >= 0.6 is 15.9 Å². The van der Waals surface area contributed by atoms with Gasteiger partial charge < -0.3 is 14.8 Å². The van der Waals surface area contributed by atoms with E-state index in [1.54, 1.807) is 6.92 Å². The highest BCUT2D eigenvalue weighted by atomic mass is 79.9. The van der Waals surface area contributed by atoms with Crippen molar-refractivity contribution in [2.45, 2.75) is 18.9 Å². The van der Waals surface area contributed by atoms with Crippen LogP contribution in [-0.4, -0.2) is 37.9 Å². The third-order valence-corrected chi connectivity index (χ3v) is 3.92. The van der Waals surface area contributed by atoms with Gasteiger partial charge in [-0.1, -0.05) is 34.1 Å². The smallest absolute Gasteiger partial charge is 0.340 e. The van der Waals surface area contributed by atoms with Crippen molar-refractivity contribution in [1.82, 2.24) is 5.32 Å². The number of hydrogen-bond donors (Lipinski definition) is 1. The summed E-state index contributed by atoms with van der Waals surface area (Å²) in [6.07, 6.45) is 0.500. The number of morpholine rings is 1. The minimum Gasteiger partial charge on any atom is -0.464 e. The number of hydrogen-bond acceptors (Lipinski definition) is 4. The molecule has 0 aromatic heterocycles. The van der Waals surface area contributed by atoms with Crippen LogP contribution in [0.1, 0.15) is 12.5 Å². The van der Waals surface area contributed by atoms with Gasteiger partial charge in [-0.3, -0.25) is 0 Å². The van der Waals surface area contributed by atoms with Gasteiger partial charge in [0.1, 0.15) is 0 Å². The van der Waals surface area contributed by atoms with Crippen molar-refractivity contribution >= 4 is 21.9 Å². The number of rotatable bonds is 4. The first-order chi connectivity index (χ1) is 9.18. The van der Waals surface area contributed by atoms with Crippen molar-refractivity contribution in [2.75, 3.05) is 26.3 Å². The molecule has 1 aromatic carbocycles. The fraction of sp³-hybridized carbons (Fsp3) is 0.500. The van der Waals surface area contributed by atoms with E-state index >= 15 is 0 Å². The Balaban J connectivity index is 2.23. The van der Waals surface area contributed by atoms with Crippen LogP contribution in [-0.2, 0) is 20.7 Å². The molecule has 0 spiro atoms. The maximum absolute atomic E-state index is 12.2. The van der Waals surface area contributed by atoms with E-state index in [1.807, 2.05) is 24.3 Å². The highest BCUT2D eigenvalue weighted by molar-refractivity contribution is 9.10. The average molecular weight is 328 g/mol. The highest BCUT2D eigenvalue weighted by Crippen LogP contribution is 2.26. The zero-order valence-corrected chi connectivity index (χ0v) is 12.5. The van der Waals surface area contributed by atoms with Gasteiger partial charge >= 0.3 is 5.97 Å². The normalized spacial score (nSPS) is 23.1. The first-order valence-corrected chi connectivity index (χ1v) is 7.22. The summed E-state index contributed by atoms with van der Waals surface area (Å²) in [4.78, 5) is 12.2. The Labute approximate surface area is 121 Å². The molecule has 19 heavy (non-hydrogen) atoms. The number of esters is 1. The highest BCUT2D eigenvalue weighted by Gasteiger charge is 2.43. The lowest BCUT2D eigenvalue weighted by molar-refractivity contribution is -0.175. The topological polar surface area (TPSA) is 47.6 Å². The van der Waals surface area contributed by atoms with Gasteiger partial charge in [-0.05, 0) is 18.6 Å². The molecule has 1 aliphatic heterocycles. The number of carbonyl (C=O) groups excluding carboxylic acids is 1. The Hall–Kier alpha value is -0.910. The van der Waals surface area contributed by atoms with Crippen molar-refractivity contribution < 1.29 is 14.3 Å². The van der Waals surface area contributed by atoms with Crippen molar-refractivity contribution in [1.29, 1.82) is 0 Å². The first-order valence-electron chi connectivity index (χ1n) is 6.43. The van der Waals surface area contributed by atoms with Crippen molar-refractivity contribution in [3.63, 3.8) is 0 Å². The van der Waals surface area contributed by atoms with E-state index in [0.29, 0.717) is 26.2 Å². The van der Waals surface area contributed by atoms with E-state index in [9.17, 15) is 4.79 Å². The van der Waals surface area contributed by atoms with Gasteiger partial charge in [-0.15, -0.1) is 0 Å². The summed E-state index contributed by atoms with van der Waals surface area (Å²) < 4.78 is 11.9. The number of ether oxygens (including phenoxy) is 2. The molecule has 1 aromatic rings. The summed E-state index contributed by atoms with van der Waals surface area (Å²) >= 11 is 3.51. The fourth-order valence-electron chi connectivity index (χ4n) is 2.19. The maximum Gasteiger partial charge on any atom is 0.340 e. The van der Waals surface area contributed by atoms with E-state index < -0.39 is 5.60 Å². The van der Waals surface area contributed by atoms with E-state index in [2.05, 4.69) is 21.2 Å². The molecule has 0 bridgehead atoms. The first kappa shape index (κ1) is 14.5. The van der Waals surface area contributed by atoms with Crippen molar-refractivity contribution in [2.24, 2.45) is 0 Å². The van der Waals surface area contributed by atoms with E-state index in [0.717, 1.165) is 16.6 Å². The second-order valence-electron chi connectivity index (χ2n) is 4.51. The van der Waals surface area contributed by atoms with Crippen LogP contribution in [0.25, 0.3) is 0 Å². The molecule has 1 heterocycles. The molecule has 1 saturated heterocycles. The Kier molecular flexibility index (Phi) is 4.96. The van der Waals surface area contributed by atoms with Crippen LogP contribution in [0.4, 0.5) is 0 Å². The molecule has 5 heteroatoms. The summed E-state index contributed by atoms with van der Waals surface area (Å²) in [6, 6.07) is 7.85. The quantitative estimate of drug-likeness (QED) is 0.858. The third kappa shape index (κ3) is 3.35. The van der Waals surface area contributed by atoms with Gasteiger partial charge in [-0.2, -0.15) is 0 Å². The summed E-state index contributed by atoms with van der Waals surface area (Å²) in [5.74, 6) is -0.294. The molecule has 1 atom stereocenters. The van der Waals surface area contributed by atoms with Gasteiger partial charge in [0.15, 0.2) is 5.60 Å². The lowest BCUT2D eigenvalue weighted by Gasteiger charge is -2.35. The predicted molar refractivity (Wildman–Crippen MR) is 76.0 cm³/mol. The molecule has 0 saturated carbocycles. The van der Waals surface area contributed by atoms with Crippen molar-refractivity contribution in [3.05, 3.63) is 34.3 Å². The molecule has 4 nitrogen and oxygen atoms in total. The molecule has 0 aliphatic carbocycles. The Morgan fingerprint density at radius 2 is 2.32 bits per heavy atom. The number of halogens is 1. The van der Waals surface area contributed by atoms with Crippen LogP contribution in [0, 0.1) is 0 Å². The van der Waals surface area contributed by atoms with Gasteiger partial charge in [0.2, 0.25) is 0 Å². The number of benzene rings is 1. The van der Waals surface area contributed by atoms with Crippen LogP contribution in [0.5, 0.6) is 0 Å². The predicted octanol–water partition coefficient (Wildman–Crippen LogP) is 1.91. The standard InChI is InChI=1S/C14H18BrNO3/c1-2-18-13(17)14(10-16-7-8-19-14)9-11-5-3-4-6-12(11)15/h3-6,16H,2,7-10H2,1H3/t14-/m0/s1. The SMILES string of the molecule is CCOC(=O)[C@]1(Cc2ccccc2Br)CNCCO1. The summed E-state index contributed by atoms with van der Waals surface area (Å²) in [7, 11) is 0. The molecule has 1 aliphatic rings. The van der Waals surface area contributed by atoms with E-state index in [4.69, 9.17) is 9.47 Å². The molecule has 2 rings (SSSR count). The second kappa shape index (κ2) is 6.50. The monoisotopic (exact) mass is 327 g/mol. The molecule has 0 unspecified atom stereocenters. The largest absolute Gasteiger partial charge is 0.464 e. The minimum atomic E-state index is -0.919. The lowest BCUT2D eigenvalue weighted by Crippen LogP contribution is -2.57. The van der Waals surface area contributed by atoms with Crippen LogP contribution in [0.15, 0.2) is 28.7 Å². The number of nitrogens with one attached hydrogen (secondary N) is 1. The van der Waals surface area contributed by atoms with Gasteiger partial charge in [-0.25, -0.2) is 4.79 Å². The molecule has 1 N–H and O–H groups in total. The zero-order valence-electron chi connectivity index (χ0n) is 10.9. The van der Waals surface area contributed by atoms with Crippen molar-refractivity contribution in [3.8, 4) is 0 Å². The fourth-order valence-corrected chi connectivity index (χ4v) is 2.61. The summed E-state index contributed by atoms with van der Waals surface area (Å²) in [5, 5.41) is 3.21. The Morgan fingerprint density at radius 1 is 1.53 bits per heavy atom. The molecule has 104 valence electrons. The average Bonchev–Trinajstić information content (AvgIpc) is 2.43. The van der Waals surface area contributed by atoms with Gasteiger partial charge in [0, 0.05) is 24.0 Å². The zero-order chi connectivity index (χ0) is 13.7. The van der Waals surface area contributed by atoms with E-state index in [-0.39, 0.29) is 5.97 Å². The minimum absolute atomic E-state index is 0.294. The number of carbonyl (C=O) groups is 1. The molecular weight excluding hydrogens is 310 g/mol. The van der Waals surface area contributed by atoms with Gasteiger partial charge in [0.25, 0.3) is 0 Å². The molecule has 1 fully saturated rings. The maximum atomic E-state index is 12.2. The van der Waals surface area contributed by atoms with Gasteiger partial charge in [0.05, 0.1) is 13.2 Å². The summed E-state index contributed by atoms with van der Waals surface area (Å²) in [6.45, 7) is 3.92. The Morgan fingerprint density at radius 3 is 2.95 bits per heavy atom. The van der Waals surface area contributed by atoms with E-state index in [1.165, 1.54) is 0 Å². The Bertz CT molecular complexity index is 444. The second-order valence-corrected chi connectivity index (χ2v) is 5.36. The van der Waals surface area contributed by atoms with Crippen LogP contribution in [0.2, 0.25) is 0 Å². The summed E-state index contributed by atoms with van der Waals surface area (Å²) in [5.41, 5.74) is 0.122. The molecule has 0 amide bonds. The third-order valence-electron chi connectivity index (χ3n) is 3.15. The van der Waals surface area contributed by atoms with Crippen LogP contribution in [0.3, 0.4) is 0 Å².